The summed E-state index contributed by atoms with van der Waals surface area (Å²) in [4.78, 5) is 11.3. The summed E-state index contributed by atoms with van der Waals surface area (Å²) in [5.74, 6) is -0.668. The van der Waals surface area contributed by atoms with Crippen LogP contribution in [0.4, 0.5) is 0 Å². The number of aliphatic carboxylic acids is 1. The monoisotopic (exact) mass is 325 g/mol. The fourth-order valence-electron chi connectivity index (χ4n) is 2.93. The first-order chi connectivity index (χ1) is 10.5. The summed E-state index contributed by atoms with van der Waals surface area (Å²) in [5.41, 5.74) is 0.799. The molecule has 1 aliphatic carbocycles. The van der Waals surface area contributed by atoms with Gasteiger partial charge in [0, 0.05) is 0 Å². The molecule has 0 spiro atoms. The van der Waals surface area contributed by atoms with E-state index in [1.165, 1.54) is 12.8 Å². The zero-order valence-corrected chi connectivity index (χ0v) is 13.4. The highest BCUT2D eigenvalue weighted by atomic mass is 32.2. The van der Waals surface area contributed by atoms with Crippen LogP contribution in [0.5, 0.6) is 0 Å². The van der Waals surface area contributed by atoms with Crippen LogP contribution in [0.25, 0.3) is 0 Å². The van der Waals surface area contributed by atoms with Gasteiger partial charge in [0.1, 0.15) is 6.04 Å². The van der Waals surface area contributed by atoms with Crippen molar-refractivity contribution >= 4 is 16.0 Å². The van der Waals surface area contributed by atoms with Crippen LogP contribution in [0.3, 0.4) is 0 Å². The van der Waals surface area contributed by atoms with Gasteiger partial charge in [0.2, 0.25) is 10.0 Å². The molecule has 0 amide bonds. The van der Waals surface area contributed by atoms with Crippen molar-refractivity contribution in [3.63, 3.8) is 0 Å². The molecule has 0 unspecified atom stereocenters. The Labute approximate surface area is 131 Å². The second kappa shape index (κ2) is 7.74. The first kappa shape index (κ1) is 17.0. The number of carboxylic acid groups (broad SMARTS) is 1. The SMILES string of the molecule is O=C(O)[C@@H](Cc1ccccc1)NS(=O)(=O)CCC1CCCC1. The Balaban J connectivity index is 1.92. The average Bonchev–Trinajstić information content (AvgIpc) is 2.99. The molecule has 1 atom stereocenters. The lowest BCUT2D eigenvalue weighted by Crippen LogP contribution is -2.43. The molecule has 2 rings (SSSR count). The number of carbonyl (C=O) groups is 1. The molecule has 1 aromatic carbocycles. The molecule has 0 aliphatic heterocycles. The van der Waals surface area contributed by atoms with Gasteiger partial charge in [-0.15, -0.1) is 0 Å². The molecule has 1 aliphatic rings. The van der Waals surface area contributed by atoms with Crippen LogP contribution >= 0.6 is 0 Å². The molecule has 0 bridgehead atoms. The fraction of sp³-hybridized carbons (Fsp3) is 0.562. The first-order valence-electron chi connectivity index (χ1n) is 7.73. The minimum absolute atomic E-state index is 0.0102. The van der Waals surface area contributed by atoms with Gasteiger partial charge in [-0.1, -0.05) is 56.0 Å². The standard InChI is InChI=1S/C16H23NO4S/c18-16(19)15(12-14-8-2-1-3-9-14)17-22(20,21)11-10-13-6-4-5-7-13/h1-3,8-9,13,15,17H,4-7,10-12H2,(H,18,19)/t15-/m1/s1. The zero-order chi connectivity index (χ0) is 16.0. The van der Waals surface area contributed by atoms with Gasteiger partial charge in [0.15, 0.2) is 0 Å². The molecule has 2 N–H and O–H groups in total. The van der Waals surface area contributed by atoms with Crippen LogP contribution in [-0.4, -0.2) is 31.3 Å². The fourth-order valence-corrected chi connectivity index (χ4v) is 4.30. The van der Waals surface area contributed by atoms with E-state index in [-0.39, 0.29) is 12.2 Å². The Bertz CT molecular complexity index is 579. The van der Waals surface area contributed by atoms with Gasteiger partial charge in [-0.05, 0) is 24.3 Å². The van der Waals surface area contributed by atoms with Crippen molar-refractivity contribution in [2.75, 3.05) is 5.75 Å². The normalized spacial score (nSPS) is 17.5. The Kier molecular flexibility index (Phi) is 5.97. The van der Waals surface area contributed by atoms with Gasteiger partial charge in [-0.25, -0.2) is 13.1 Å². The Morgan fingerprint density at radius 1 is 1.23 bits per heavy atom. The Morgan fingerprint density at radius 3 is 2.45 bits per heavy atom. The van der Waals surface area contributed by atoms with E-state index in [4.69, 9.17) is 0 Å². The molecule has 6 heteroatoms. The van der Waals surface area contributed by atoms with Gasteiger partial charge < -0.3 is 5.11 Å². The van der Waals surface area contributed by atoms with Crippen LogP contribution < -0.4 is 4.72 Å². The maximum absolute atomic E-state index is 12.1. The molecule has 0 heterocycles. The third-order valence-corrected chi connectivity index (χ3v) is 5.59. The summed E-state index contributed by atoms with van der Waals surface area (Å²) in [7, 11) is -3.56. The third kappa shape index (κ3) is 5.42. The number of rotatable bonds is 8. The van der Waals surface area contributed by atoms with Crippen molar-refractivity contribution in [1.29, 1.82) is 0 Å². The van der Waals surface area contributed by atoms with Crippen molar-refractivity contribution in [3.8, 4) is 0 Å². The van der Waals surface area contributed by atoms with E-state index >= 15 is 0 Å². The molecule has 0 saturated heterocycles. The smallest absolute Gasteiger partial charge is 0.322 e. The Morgan fingerprint density at radius 2 is 1.86 bits per heavy atom. The van der Waals surface area contributed by atoms with Crippen LogP contribution in [0.1, 0.15) is 37.7 Å². The predicted molar refractivity (Wildman–Crippen MR) is 85.1 cm³/mol. The molecular weight excluding hydrogens is 302 g/mol. The van der Waals surface area contributed by atoms with E-state index < -0.39 is 22.0 Å². The minimum atomic E-state index is -3.56. The van der Waals surface area contributed by atoms with Crippen molar-refractivity contribution in [2.45, 2.75) is 44.6 Å². The van der Waals surface area contributed by atoms with Gasteiger partial charge in [-0.3, -0.25) is 4.79 Å². The van der Waals surface area contributed by atoms with E-state index in [0.717, 1.165) is 18.4 Å². The van der Waals surface area contributed by atoms with Gasteiger partial charge >= 0.3 is 5.97 Å². The summed E-state index contributed by atoms with van der Waals surface area (Å²) in [6.45, 7) is 0. The molecule has 0 radical (unpaired) electrons. The second-order valence-corrected chi connectivity index (χ2v) is 7.83. The van der Waals surface area contributed by atoms with E-state index in [9.17, 15) is 18.3 Å². The lowest BCUT2D eigenvalue weighted by Gasteiger charge is -2.16. The summed E-state index contributed by atoms with van der Waals surface area (Å²) in [6, 6.07) is 7.93. The van der Waals surface area contributed by atoms with E-state index in [2.05, 4.69) is 4.72 Å². The molecule has 22 heavy (non-hydrogen) atoms. The van der Waals surface area contributed by atoms with Crippen LogP contribution in [-0.2, 0) is 21.2 Å². The quantitative estimate of drug-likeness (QED) is 0.767. The molecule has 1 saturated carbocycles. The van der Waals surface area contributed by atoms with Crippen LogP contribution in [0.2, 0.25) is 0 Å². The highest BCUT2D eigenvalue weighted by Crippen LogP contribution is 2.27. The zero-order valence-electron chi connectivity index (χ0n) is 12.6. The largest absolute Gasteiger partial charge is 0.480 e. The van der Waals surface area contributed by atoms with Crippen LogP contribution in [0, 0.1) is 5.92 Å². The molecule has 1 aromatic rings. The summed E-state index contributed by atoms with van der Waals surface area (Å²) < 4.78 is 26.6. The van der Waals surface area contributed by atoms with Crippen molar-refractivity contribution in [1.82, 2.24) is 4.72 Å². The number of benzene rings is 1. The summed E-state index contributed by atoms with van der Waals surface area (Å²) in [5, 5.41) is 9.25. The van der Waals surface area contributed by atoms with Gasteiger partial charge in [0.25, 0.3) is 0 Å². The number of carboxylic acids is 1. The summed E-state index contributed by atoms with van der Waals surface area (Å²) in [6.07, 6.45) is 5.28. The van der Waals surface area contributed by atoms with Crippen molar-refractivity contribution < 1.29 is 18.3 Å². The number of nitrogens with one attached hydrogen (secondary N) is 1. The van der Waals surface area contributed by atoms with Crippen molar-refractivity contribution in [2.24, 2.45) is 5.92 Å². The second-order valence-electron chi connectivity index (χ2n) is 5.96. The Hall–Kier alpha value is -1.40. The molecule has 122 valence electrons. The third-order valence-electron chi connectivity index (χ3n) is 4.17. The minimum Gasteiger partial charge on any atom is -0.480 e. The van der Waals surface area contributed by atoms with E-state index in [0.29, 0.717) is 12.3 Å². The lowest BCUT2D eigenvalue weighted by atomic mass is 10.1. The van der Waals surface area contributed by atoms with Gasteiger partial charge in [-0.2, -0.15) is 0 Å². The first-order valence-corrected chi connectivity index (χ1v) is 9.38. The predicted octanol–water partition coefficient (Wildman–Crippen LogP) is 2.18. The summed E-state index contributed by atoms with van der Waals surface area (Å²) >= 11 is 0. The maximum atomic E-state index is 12.1. The van der Waals surface area contributed by atoms with Gasteiger partial charge in [0.05, 0.1) is 5.75 Å². The molecular formula is C16H23NO4S. The highest BCUT2D eigenvalue weighted by Gasteiger charge is 2.25. The average molecular weight is 325 g/mol. The van der Waals surface area contributed by atoms with Crippen molar-refractivity contribution in [3.05, 3.63) is 35.9 Å². The highest BCUT2D eigenvalue weighted by molar-refractivity contribution is 7.89. The topological polar surface area (TPSA) is 83.5 Å². The number of hydrogen-bond acceptors (Lipinski definition) is 3. The number of sulfonamides is 1. The molecule has 0 aromatic heterocycles. The molecule has 1 fully saturated rings. The van der Waals surface area contributed by atoms with E-state index in [1.807, 2.05) is 18.2 Å². The van der Waals surface area contributed by atoms with E-state index in [1.54, 1.807) is 12.1 Å². The molecule has 5 nitrogen and oxygen atoms in total. The number of hydrogen-bond donors (Lipinski definition) is 2. The van der Waals surface area contributed by atoms with Crippen LogP contribution in [0.15, 0.2) is 30.3 Å². The lowest BCUT2D eigenvalue weighted by molar-refractivity contribution is -0.138. The maximum Gasteiger partial charge on any atom is 0.322 e.